The third-order valence-electron chi connectivity index (χ3n) is 12.9. The van der Waals surface area contributed by atoms with Gasteiger partial charge in [-0.15, -0.1) is 17.5 Å². The molecular weight excluding hydrogens is 1330 g/mol. The van der Waals surface area contributed by atoms with Gasteiger partial charge in [0.1, 0.15) is 30.4 Å². The second-order valence-corrected chi connectivity index (χ2v) is 29.8. The fourth-order valence-electron chi connectivity index (χ4n) is 8.25. The summed E-state index contributed by atoms with van der Waals surface area (Å²) in [5.74, 6) is 3.97. The number of pyridine rings is 3. The molecule has 3 aliphatic heterocycles. The van der Waals surface area contributed by atoms with Gasteiger partial charge in [-0.3, -0.25) is 34.2 Å². The molecule has 0 aliphatic carbocycles. The first-order chi connectivity index (χ1) is 42.0. The maximum Gasteiger partial charge on any atom is 1.00 e. The van der Waals surface area contributed by atoms with Crippen molar-refractivity contribution in [3.8, 4) is 0 Å². The van der Waals surface area contributed by atoms with Crippen LogP contribution in [0.1, 0.15) is 124 Å². The van der Waals surface area contributed by atoms with E-state index in [1.165, 1.54) is 0 Å². The SMILES string of the molecule is CC(SSc1ccccn1)c1ccc(C(=O)NCCCCCC(=O)ON2C(=O)CC(S(=O)(=O)[O-])C2=O)cc1.Cl.NNC(=O)CCSSc1ccccn1.O=C(CCCCC1SCC2NC(=O)NC21)NCCCCCCNC(=O)CCSSc1ccccn1.[Na+]. The number of hydroxylamine groups is 2. The molecule has 8 amide bonds. The maximum atomic E-state index is 12.4. The first kappa shape index (κ1) is 79.3. The van der Waals surface area contributed by atoms with Gasteiger partial charge in [0.05, 0.1) is 18.5 Å². The number of nitrogens with one attached hydrogen (secondary N) is 6. The minimum Gasteiger partial charge on any atom is -0.747 e. The molecule has 8 N–H and O–H groups in total. The number of fused-ring (bicyclic) bond motifs is 1. The molecule has 3 saturated heterocycles. The monoisotopic (exact) mass is 1410 g/mol. The zero-order valence-electron chi connectivity index (χ0n) is 49.4. The molecule has 4 aromatic rings. The van der Waals surface area contributed by atoms with Crippen LogP contribution in [-0.4, -0.2) is 140 Å². The minimum absolute atomic E-state index is 0. The number of nitrogens with two attached hydrogens (primary N) is 1. The number of rotatable bonds is 35. The number of halogens is 1. The number of carbonyl (C=O) groups excluding carboxylic acids is 8. The van der Waals surface area contributed by atoms with Crippen LogP contribution in [0.3, 0.4) is 0 Å². The number of thioether (sulfide) groups is 1. The van der Waals surface area contributed by atoms with Crippen molar-refractivity contribution in [2.75, 3.05) is 36.9 Å². The average Bonchev–Trinajstić information content (AvgIpc) is 1.83. The summed E-state index contributed by atoms with van der Waals surface area (Å²) < 4.78 is 33.0. The number of hydrogen-bond donors (Lipinski definition) is 7. The van der Waals surface area contributed by atoms with Crippen molar-refractivity contribution < 1.29 is 85.7 Å². The number of urea groups is 1. The van der Waals surface area contributed by atoms with E-state index in [1.54, 1.807) is 95.5 Å². The zero-order chi connectivity index (χ0) is 62.7. The molecule has 33 heteroatoms. The van der Waals surface area contributed by atoms with Gasteiger partial charge in [0, 0.05) is 97.2 Å². The van der Waals surface area contributed by atoms with Crippen LogP contribution in [0.2, 0.25) is 0 Å². The largest absolute Gasteiger partial charge is 1.00 e. The van der Waals surface area contributed by atoms with Gasteiger partial charge in [-0.05, 0) is 132 Å². The predicted octanol–water partition coefficient (Wildman–Crippen LogP) is 5.36. The molecule has 5 atom stereocenters. The standard InChI is InChI=1S/C24H37N5O3S3.C24H27N3O8S3.C8H11N3OS2.ClH.Na/c30-20(10-4-3-9-19-23-18(17-33-19)28-24(32)29-23)25-13-6-1-2-7-14-26-21(31)12-16-34-35-22-11-5-8-15-27-22;1-16(36-37-20-7-4-6-13-25-20)17-9-11-18(12-10-17)23(30)26-14-5-2-3-8-22(29)35-27-21(28)15-19(24(27)31)38(32,33)34;9-11-7(12)4-6-13-14-8-3-1-2-5-10-8;;/h5,8,11,15,18-19,23H,1-4,6-7,9-10,12-14,16-17H2,(H,25,30)(H,26,31)(H2,28,29,32);4,6-7,9-13,16,19H,2-3,5,8,14-15H2,1H3,(H,26,30)(H,32,33,34);1-3,5H,4,6,9H2,(H,11,12);1H;/q;;;;+1/p-1. The normalized spacial score (nSPS) is 16.7. The number of hydrogen-bond acceptors (Lipinski definition) is 23. The molecule has 0 radical (unpaired) electrons. The van der Waals surface area contributed by atoms with E-state index in [2.05, 4.69) is 58.7 Å². The van der Waals surface area contributed by atoms with E-state index < -0.39 is 39.6 Å². The number of aromatic nitrogens is 3. The topological polar surface area (TPSA) is 343 Å². The summed E-state index contributed by atoms with van der Waals surface area (Å²) in [6.07, 6.45) is 14.3. The molecule has 3 aromatic heterocycles. The molecule has 6 heterocycles. The van der Waals surface area contributed by atoms with Crippen molar-refractivity contribution in [1.29, 1.82) is 0 Å². The van der Waals surface area contributed by atoms with Gasteiger partial charge >= 0.3 is 41.6 Å². The number of unbranched alkanes of at least 4 members (excludes halogenated alkanes) is 6. The van der Waals surface area contributed by atoms with Crippen LogP contribution in [-0.2, 0) is 43.7 Å². The maximum absolute atomic E-state index is 12.4. The van der Waals surface area contributed by atoms with E-state index in [-0.39, 0.29) is 100 Å². The summed E-state index contributed by atoms with van der Waals surface area (Å²) in [5, 5.41) is 16.3. The number of nitrogens with zero attached hydrogens (tertiary/aromatic N) is 4. The second kappa shape index (κ2) is 45.4. The van der Waals surface area contributed by atoms with Crippen LogP contribution >= 0.6 is 88.9 Å². The van der Waals surface area contributed by atoms with Crippen LogP contribution in [0, 0.1) is 0 Å². The Morgan fingerprint density at radius 3 is 1.76 bits per heavy atom. The quantitative estimate of drug-likeness (QED) is 0.00351. The number of hydrazine groups is 1. The van der Waals surface area contributed by atoms with Gasteiger partial charge in [-0.1, -0.05) is 88.4 Å². The van der Waals surface area contributed by atoms with E-state index in [0.29, 0.717) is 62.4 Å². The van der Waals surface area contributed by atoms with Gasteiger partial charge in [0.25, 0.3) is 17.7 Å². The Bertz CT molecular complexity index is 2920. The Kier molecular flexibility index (Phi) is 40.4. The molecule has 1 aromatic carbocycles. The molecule has 0 spiro atoms. The Morgan fingerprint density at radius 1 is 0.697 bits per heavy atom. The van der Waals surface area contributed by atoms with Crippen molar-refractivity contribution in [3.63, 3.8) is 0 Å². The molecule has 7 rings (SSSR count). The summed E-state index contributed by atoms with van der Waals surface area (Å²) in [5.41, 5.74) is 3.71. The van der Waals surface area contributed by atoms with E-state index >= 15 is 0 Å². The number of imide groups is 1. The third-order valence-corrected chi connectivity index (χ3v) is 22.7. The van der Waals surface area contributed by atoms with Gasteiger partial charge in [-0.2, -0.15) is 11.8 Å². The van der Waals surface area contributed by atoms with Gasteiger partial charge in [-0.25, -0.2) is 38.8 Å². The van der Waals surface area contributed by atoms with Crippen molar-refractivity contribution in [3.05, 3.63) is 109 Å². The second-order valence-electron chi connectivity index (χ2n) is 19.5. The molecule has 5 unspecified atom stereocenters. The average molecular weight is 1410 g/mol. The van der Waals surface area contributed by atoms with Crippen LogP contribution in [0.15, 0.2) is 113 Å². The summed E-state index contributed by atoms with van der Waals surface area (Å²) >= 11 is 1.92. The minimum atomic E-state index is -5.02. The summed E-state index contributed by atoms with van der Waals surface area (Å²) in [7, 11) is 4.64. The molecule has 482 valence electrons. The van der Waals surface area contributed by atoms with E-state index in [9.17, 15) is 51.3 Å². The van der Waals surface area contributed by atoms with Crippen molar-refractivity contribution >= 4 is 146 Å². The summed E-state index contributed by atoms with van der Waals surface area (Å²) in [6.45, 7) is 3.90. The van der Waals surface area contributed by atoms with Crippen LogP contribution in [0.5, 0.6) is 0 Å². The van der Waals surface area contributed by atoms with E-state index in [0.717, 1.165) is 89.4 Å². The third kappa shape index (κ3) is 32.0. The molecule has 3 fully saturated rings. The Hall–Kier alpha value is -3.96. The fraction of sp³-hybridized carbons (Fsp3) is 0.482. The zero-order valence-corrected chi connectivity index (χ0v) is 58.8. The first-order valence-corrected chi connectivity index (χ1v) is 37.6. The van der Waals surface area contributed by atoms with Crippen LogP contribution < -0.4 is 67.4 Å². The van der Waals surface area contributed by atoms with Crippen molar-refractivity contribution in [2.45, 2.75) is 146 Å². The molecular formula is C56H75ClN11NaO12S8. The molecule has 3 aliphatic rings. The Morgan fingerprint density at radius 2 is 1.22 bits per heavy atom. The predicted molar refractivity (Wildman–Crippen MR) is 352 cm³/mol. The molecule has 23 nitrogen and oxygen atoms in total. The van der Waals surface area contributed by atoms with Gasteiger partial charge in [0.15, 0.2) is 0 Å². The number of benzene rings is 1. The van der Waals surface area contributed by atoms with Crippen molar-refractivity contribution in [1.82, 2.24) is 52.0 Å². The Labute approximate surface area is 576 Å². The van der Waals surface area contributed by atoms with Crippen molar-refractivity contribution in [2.24, 2.45) is 5.84 Å². The molecule has 0 saturated carbocycles. The van der Waals surface area contributed by atoms with Crippen LogP contribution in [0.4, 0.5) is 4.79 Å². The summed E-state index contributed by atoms with van der Waals surface area (Å²) in [4.78, 5) is 111. The summed E-state index contributed by atoms with van der Waals surface area (Å²) in [6, 6.07) is 25.2. The van der Waals surface area contributed by atoms with Gasteiger partial charge in [0.2, 0.25) is 17.7 Å². The Balaban J connectivity index is 0.000000377. The van der Waals surface area contributed by atoms with E-state index in [4.69, 9.17) is 5.84 Å². The molecule has 0 bridgehead atoms. The number of carbonyl (C=O) groups is 8. The first-order valence-electron chi connectivity index (χ1n) is 28.3. The fourth-order valence-corrected chi connectivity index (χ4v) is 16.3. The smallest absolute Gasteiger partial charge is 0.747 e. The van der Waals surface area contributed by atoms with Crippen LogP contribution in [0.25, 0.3) is 0 Å². The van der Waals surface area contributed by atoms with E-state index in [1.807, 2.05) is 78.5 Å². The van der Waals surface area contributed by atoms with Gasteiger partial charge < -0.3 is 36.0 Å². The molecule has 89 heavy (non-hydrogen) atoms. The number of amides is 8.